The van der Waals surface area contributed by atoms with Crippen LogP contribution in [0.1, 0.15) is 39.0 Å². The van der Waals surface area contributed by atoms with Gasteiger partial charge in [-0.25, -0.2) is 0 Å². The maximum Gasteiger partial charge on any atom is 0.0714 e. The van der Waals surface area contributed by atoms with Crippen LogP contribution in [0.3, 0.4) is 0 Å². The van der Waals surface area contributed by atoms with E-state index in [1.165, 1.54) is 25.7 Å². The van der Waals surface area contributed by atoms with Gasteiger partial charge >= 0.3 is 0 Å². The Morgan fingerprint density at radius 2 is 2.00 bits per heavy atom. The van der Waals surface area contributed by atoms with Gasteiger partial charge in [-0.3, -0.25) is 0 Å². The van der Waals surface area contributed by atoms with Crippen molar-refractivity contribution in [1.82, 2.24) is 0 Å². The van der Waals surface area contributed by atoms with E-state index >= 15 is 0 Å². The van der Waals surface area contributed by atoms with Crippen molar-refractivity contribution in [2.24, 2.45) is 23.7 Å². The minimum absolute atomic E-state index is 0.176. The van der Waals surface area contributed by atoms with Gasteiger partial charge in [0.15, 0.2) is 0 Å². The standard InChI is InChI=1S/C11H18O/c1-2-7-6-11(7,12)10-8-4-3-5-9(8)10/h7-10,12H,2-6H2,1H3. The van der Waals surface area contributed by atoms with E-state index in [9.17, 15) is 5.11 Å². The normalized spacial score (nSPS) is 61.5. The summed E-state index contributed by atoms with van der Waals surface area (Å²) in [5.74, 6) is 3.27. The Bertz CT molecular complexity index is 203. The number of fused-ring (bicyclic) bond motifs is 1. The first-order chi connectivity index (χ1) is 5.77. The Hall–Kier alpha value is -0.0400. The van der Waals surface area contributed by atoms with E-state index in [0.29, 0.717) is 5.92 Å². The molecule has 12 heavy (non-hydrogen) atoms. The quantitative estimate of drug-likeness (QED) is 0.666. The Morgan fingerprint density at radius 3 is 2.50 bits per heavy atom. The summed E-state index contributed by atoms with van der Waals surface area (Å²) in [5.41, 5.74) is -0.176. The van der Waals surface area contributed by atoms with Crippen molar-refractivity contribution in [3.05, 3.63) is 0 Å². The molecule has 0 aliphatic heterocycles. The average Bonchev–Trinajstić information content (AvgIpc) is 2.89. The Labute approximate surface area is 74.2 Å². The summed E-state index contributed by atoms with van der Waals surface area (Å²) < 4.78 is 0. The first-order valence-corrected chi connectivity index (χ1v) is 5.49. The lowest BCUT2D eigenvalue weighted by atomic mass is 10.0. The highest BCUT2D eigenvalue weighted by molar-refractivity contribution is 5.19. The van der Waals surface area contributed by atoms with Crippen molar-refractivity contribution in [3.63, 3.8) is 0 Å². The molecule has 3 aliphatic carbocycles. The highest BCUT2D eigenvalue weighted by Crippen LogP contribution is 2.70. The molecular formula is C11H18O. The summed E-state index contributed by atoms with van der Waals surface area (Å²) in [5, 5.41) is 10.2. The van der Waals surface area contributed by atoms with E-state index in [1.807, 2.05) is 0 Å². The predicted molar refractivity (Wildman–Crippen MR) is 47.7 cm³/mol. The molecule has 3 aliphatic rings. The molecule has 0 heterocycles. The number of hydrogen-bond acceptors (Lipinski definition) is 1. The molecule has 4 unspecified atom stereocenters. The Morgan fingerprint density at radius 1 is 1.33 bits per heavy atom. The minimum atomic E-state index is -0.176. The summed E-state index contributed by atoms with van der Waals surface area (Å²) in [6.07, 6.45) is 6.55. The first-order valence-electron chi connectivity index (χ1n) is 5.49. The molecule has 0 bridgehead atoms. The van der Waals surface area contributed by atoms with Crippen LogP contribution < -0.4 is 0 Å². The SMILES string of the molecule is CCC1CC1(O)C1C2CCCC21. The van der Waals surface area contributed by atoms with Gasteiger partial charge in [-0.1, -0.05) is 19.8 Å². The van der Waals surface area contributed by atoms with Crippen LogP contribution in [-0.4, -0.2) is 10.7 Å². The molecule has 68 valence electrons. The molecule has 0 spiro atoms. The number of aliphatic hydroxyl groups is 1. The molecule has 0 amide bonds. The zero-order valence-corrected chi connectivity index (χ0v) is 7.79. The molecule has 0 aromatic heterocycles. The zero-order chi connectivity index (χ0) is 8.34. The molecule has 0 aromatic carbocycles. The van der Waals surface area contributed by atoms with Crippen LogP contribution in [0.25, 0.3) is 0 Å². The zero-order valence-electron chi connectivity index (χ0n) is 7.79. The van der Waals surface area contributed by atoms with Crippen molar-refractivity contribution < 1.29 is 5.11 Å². The molecule has 1 heteroatoms. The first kappa shape index (κ1) is 7.37. The molecule has 4 atom stereocenters. The van der Waals surface area contributed by atoms with Gasteiger partial charge in [0, 0.05) is 0 Å². The van der Waals surface area contributed by atoms with Crippen LogP contribution in [0.5, 0.6) is 0 Å². The smallest absolute Gasteiger partial charge is 0.0714 e. The van der Waals surface area contributed by atoms with Crippen LogP contribution in [0.15, 0.2) is 0 Å². The maximum atomic E-state index is 10.2. The molecule has 0 radical (unpaired) electrons. The molecule has 1 N–H and O–H groups in total. The second kappa shape index (κ2) is 2.06. The summed E-state index contributed by atoms with van der Waals surface area (Å²) in [6.45, 7) is 2.21. The molecule has 1 nitrogen and oxygen atoms in total. The molecule has 3 rings (SSSR count). The van der Waals surface area contributed by atoms with Crippen molar-refractivity contribution in [2.45, 2.75) is 44.6 Å². The third-order valence-electron chi connectivity index (χ3n) is 4.60. The number of hydrogen-bond donors (Lipinski definition) is 1. The monoisotopic (exact) mass is 166 g/mol. The molecule has 0 aromatic rings. The van der Waals surface area contributed by atoms with Gasteiger partial charge in [-0.2, -0.15) is 0 Å². The lowest BCUT2D eigenvalue weighted by Crippen LogP contribution is -2.17. The molecule has 0 saturated heterocycles. The minimum Gasteiger partial charge on any atom is -0.389 e. The van der Waals surface area contributed by atoms with Crippen LogP contribution in [-0.2, 0) is 0 Å². The van der Waals surface area contributed by atoms with Gasteiger partial charge in [-0.05, 0) is 42.9 Å². The largest absolute Gasteiger partial charge is 0.389 e. The maximum absolute atomic E-state index is 10.2. The van der Waals surface area contributed by atoms with Gasteiger partial charge in [0.25, 0.3) is 0 Å². The van der Waals surface area contributed by atoms with Gasteiger partial charge in [-0.15, -0.1) is 0 Å². The molecule has 3 fully saturated rings. The van der Waals surface area contributed by atoms with E-state index in [0.717, 1.165) is 24.2 Å². The lowest BCUT2D eigenvalue weighted by molar-refractivity contribution is 0.0913. The molecule has 3 saturated carbocycles. The van der Waals surface area contributed by atoms with Crippen molar-refractivity contribution in [3.8, 4) is 0 Å². The van der Waals surface area contributed by atoms with Gasteiger partial charge in [0.2, 0.25) is 0 Å². The topological polar surface area (TPSA) is 20.2 Å². The van der Waals surface area contributed by atoms with Crippen molar-refractivity contribution >= 4 is 0 Å². The Balaban J connectivity index is 1.70. The van der Waals surface area contributed by atoms with E-state index < -0.39 is 0 Å². The van der Waals surface area contributed by atoms with Crippen LogP contribution >= 0.6 is 0 Å². The Kier molecular flexibility index (Phi) is 1.27. The fourth-order valence-corrected chi connectivity index (χ4v) is 3.80. The number of rotatable bonds is 2. The third kappa shape index (κ3) is 0.736. The van der Waals surface area contributed by atoms with E-state index in [1.54, 1.807) is 0 Å². The lowest BCUT2D eigenvalue weighted by Gasteiger charge is -2.11. The van der Waals surface area contributed by atoms with Crippen LogP contribution in [0.4, 0.5) is 0 Å². The summed E-state index contributed by atoms with van der Waals surface area (Å²) in [4.78, 5) is 0. The van der Waals surface area contributed by atoms with Crippen LogP contribution in [0, 0.1) is 23.7 Å². The fraction of sp³-hybridized carbons (Fsp3) is 1.00. The van der Waals surface area contributed by atoms with E-state index in [4.69, 9.17) is 0 Å². The summed E-state index contributed by atoms with van der Waals surface area (Å²) in [6, 6.07) is 0. The highest BCUT2D eigenvalue weighted by Gasteiger charge is 2.70. The third-order valence-corrected chi connectivity index (χ3v) is 4.60. The van der Waals surface area contributed by atoms with E-state index in [2.05, 4.69) is 6.92 Å². The summed E-state index contributed by atoms with van der Waals surface area (Å²) in [7, 11) is 0. The van der Waals surface area contributed by atoms with Crippen molar-refractivity contribution in [2.75, 3.05) is 0 Å². The fourth-order valence-electron chi connectivity index (χ4n) is 3.80. The van der Waals surface area contributed by atoms with E-state index in [-0.39, 0.29) is 5.60 Å². The predicted octanol–water partition coefficient (Wildman–Crippen LogP) is 2.19. The molecular weight excluding hydrogens is 148 g/mol. The average molecular weight is 166 g/mol. The second-order valence-electron chi connectivity index (χ2n) is 5.08. The van der Waals surface area contributed by atoms with Gasteiger partial charge in [0.05, 0.1) is 5.60 Å². The highest BCUT2D eigenvalue weighted by atomic mass is 16.3. The van der Waals surface area contributed by atoms with Crippen molar-refractivity contribution in [1.29, 1.82) is 0 Å². The van der Waals surface area contributed by atoms with Crippen LogP contribution in [0.2, 0.25) is 0 Å². The summed E-state index contributed by atoms with van der Waals surface area (Å²) >= 11 is 0. The van der Waals surface area contributed by atoms with Gasteiger partial charge in [0.1, 0.15) is 0 Å². The second-order valence-corrected chi connectivity index (χ2v) is 5.08. The van der Waals surface area contributed by atoms with Gasteiger partial charge < -0.3 is 5.11 Å².